The summed E-state index contributed by atoms with van der Waals surface area (Å²) in [5.41, 5.74) is 3.11. The Balaban J connectivity index is 2.11. The maximum Gasteiger partial charge on any atom is 0.161 e. The Kier molecular flexibility index (Phi) is 4.47. The van der Waals surface area contributed by atoms with Crippen molar-refractivity contribution in [3.8, 4) is 28.4 Å². The molecule has 0 radical (unpaired) electrons. The number of oxime groups is 1. The van der Waals surface area contributed by atoms with Crippen LogP contribution in [0, 0.1) is 0 Å². The Morgan fingerprint density at radius 1 is 1.04 bits per heavy atom. The maximum atomic E-state index is 8.94. The molecule has 0 saturated carbocycles. The Morgan fingerprint density at radius 2 is 1.79 bits per heavy atom. The molecule has 3 aromatic rings. The average Bonchev–Trinajstić information content (AvgIpc) is 3.06. The van der Waals surface area contributed by atoms with E-state index in [4.69, 9.17) is 14.7 Å². The van der Waals surface area contributed by atoms with Crippen molar-refractivity contribution >= 4 is 6.21 Å². The van der Waals surface area contributed by atoms with Gasteiger partial charge in [-0.05, 0) is 30.3 Å². The lowest BCUT2D eigenvalue weighted by atomic mass is 10.1. The molecule has 0 atom stereocenters. The van der Waals surface area contributed by atoms with Crippen LogP contribution in [0.15, 0.2) is 59.9 Å². The molecule has 0 spiro atoms. The quantitative estimate of drug-likeness (QED) is 0.444. The summed E-state index contributed by atoms with van der Waals surface area (Å²) in [5.74, 6) is 1.25. The number of ether oxygens (including phenoxy) is 2. The lowest BCUT2D eigenvalue weighted by molar-refractivity contribution is 0.322. The van der Waals surface area contributed by atoms with Crippen LogP contribution >= 0.6 is 0 Å². The summed E-state index contributed by atoms with van der Waals surface area (Å²) < 4.78 is 12.3. The smallest absolute Gasteiger partial charge is 0.161 e. The largest absolute Gasteiger partial charge is 0.493 e. The number of nitrogens with zero attached hydrogens (tertiary/aromatic N) is 3. The van der Waals surface area contributed by atoms with Crippen molar-refractivity contribution < 1.29 is 14.7 Å². The zero-order valence-corrected chi connectivity index (χ0v) is 13.4. The second kappa shape index (κ2) is 6.87. The Labute approximate surface area is 139 Å². The summed E-state index contributed by atoms with van der Waals surface area (Å²) in [4.78, 5) is 0. The van der Waals surface area contributed by atoms with Crippen molar-refractivity contribution in [3.63, 3.8) is 0 Å². The summed E-state index contributed by atoms with van der Waals surface area (Å²) in [7, 11) is 3.17. The first-order chi connectivity index (χ1) is 11.8. The molecular formula is C18H17N3O3. The summed E-state index contributed by atoms with van der Waals surface area (Å²) in [6.07, 6.45) is 3.17. The van der Waals surface area contributed by atoms with Gasteiger partial charge in [0.2, 0.25) is 0 Å². The third-order valence-corrected chi connectivity index (χ3v) is 3.62. The first kappa shape index (κ1) is 15.6. The minimum atomic E-state index is 0.608. The van der Waals surface area contributed by atoms with Crippen LogP contribution in [-0.4, -0.2) is 35.4 Å². The van der Waals surface area contributed by atoms with Gasteiger partial charge in [-0.25, -0.2) is 4.68 Å². The molecule has 6 nitrogen and oxygen atoms in total. The van der Waals surface area contributed by atoms with Gasteiger partial charge >= 0.3 is 0 Å². The fraction of sp³-hybridized carbons (Fsp3) is 0.111. The van der Waals surface area contributed by atoms with Gasteiger partial charge in [0, 0.05) is 17.3 Å². The van der Waals surface area contributed by atoms with Crippen LogP contribution in [0.1, 0.15) is 5.56 Å². The fourth-order valence-corrected chi connectivity index (χ4v) is 2.46. The molecule has 0 saturated heterocycles. The highest BCUT2D eigenvalue weighted by Gasteiger charge is 2.14. The van der Waals surface area contributed by atoms with Crippen LogP contribution in [0.5, 0.6) is 11.5 Å². The standard InChI is InChI=1S/C18H17N3O3/c1-23-16-9-8-13(10-17(16)24-2)18-14(11-19-22)12-21(20-18)15-6-4-3-5-7-15/h3-12,22H,1-2H3/b19-11+. The van der Waals surface area contributed by atoms with E-state index in [1.54, 1.807) is 25.1 Å². The molecule has 0 bridgehead atoms. The molecule has 0 aliphatic carbocycles. The maximum absolute atomic E-state index is 8.94. The van der Waals surface area contributed by atoms with Crippen LogP contribution in [0.3, 0.4) is 0 Å². The van der Waals surface area contributed by atoms with Gasteiger partial charge in [-0.15, -0.1) is 0 Å². The first-order valence-electron chi connectivity index (χ1n) is 7.31. The van der Waals surface area contributed by atoms with Crippen molar-refractivity contribution in [2.45, 2.75) is 0 Å². The van der Waals surface area contributed by atoms with Gasteiger partial charge in [0.1, 0.15) is 5.69 Å². The van der Waals surface area contributed by atoms with E-state index in [2.05, 4.69) is 10.3 Å². The van der Waals surface area contributed by atoms with Crippen molar-refractivity contribution in [2.24, 2.45) is 5.16 Å². The third kappa shape index (κ3) is 2.94. The highest BCUT2D eigenvalue weighted by atomic mass is 16.5. The van der Waals surface area contributed by atoms with Gasteiger partial charge in [-0.1, -0.05) is 23.4 Å². The Bertz CT molecular complexity index is 857. The van der Waals surface area contributed by atoms with Crippen LogP contribution in [0.2, 0.25) is 0 Å². The van der Waals surface area contributed by atoms with E-state index in [0.717, 1.165) is 11.3 Å². The van der Waals surface area contributed by atoms with E-state index in [1.165, 1.54) is 6.21 Å². The Hall–Kier alpha value is -3.28. The molecule has 0 aliphatic heterocycles. The van der Waals surface area contributed by atoms with Crippen LogP contribution < -0.4 is 9.47 Å². The van der Waals surface area contributed by atoms with E-state index in [-0.39, 0.29) is 0 Å². The van der Waals surface area contributed by atoms with Gasteiger partial charge in [0.25, 0.3) is 0 Å². The van der Waals surface area contributed by atoms with Crippen molar-refractivity contribution in [3.05, 3.63) is 60.3 Å². The van der Waals surface area contributed by atoms with Crippen molar-refractivity contribution in [1.29, 1.82) is 0 Å². The monoisotopic (exact) mass is 323 g/mol. The number of rotatable bonds is 5. The molecule has 0 fully saturated rings. The van der Waals surface area contributed by atoms with Crippen LogP contribution in [-0.2, 0) is 0 Å². The van der Waals surface area contributed by atoms with E-state index in [9.17, 15) is 0 Å². The lowest BCUT2D eigenvalue weighted by Crippen LogP contribution is -1.95. The second-order valence-electron chi connectivity index (χ2n) is 5.03. The fourth-order valence-electron chi connectivity index (χ4n) is 2.46. The molecule has 1 aromatic heterocycles. The number of para-hydroxylation sites is 1. The molecule has 3 rings (SSSR count). The van der Waals surface area contributed by atoms with Crippen molar-refractivity contribution in [2.75, 3.05) is 14.2 Å². The molecule has 1 heterocycles. The van der Waals surface area contributed by atoms with Gasteiger partial charge in [0.05, 0.1) is 26.1 Å². The normalized spacial score (nSPS) is 10.9. The van der Waals surface area contributed by atoms with Gasteiger partial charge in [-0.3, -0.25) is 0 Å². The molecule has 0 aliphatic rings. The molecule has 0 unspecified atom stereocenters. The molecule has 0 amide bonds. The molecular weight excluding hydrogens is 306 g/mol. The van der Waals surface area contributed by atoms with Crippen LogP contribution in [0.4, 0.5) is 0 Å². The minimum absolute atomic E-state index is 0.608. The molecule has 2 aromatic carbocycles. The average molecular weight is 323 g/mol. The van der Waals surface area contributed by atoms with Gasteiger partial charge in [0.15, 0.2) is 11.5 Å². The lowest BCUT2D eigenvalue weighted by Gasteiger charge is -2.08. The predicted molar refractivity (Wildman–Crippen MR) is 91.5 cm³/mol. The number of methoxy groups -OCH3 is 2. The second-order valence-corrected chi connectivity index (χ2v) is 5.03. The van der Waals surface area contributed by atoms with Gasteiger partial charge < -0.3 is 14.7 Å². The number of benzene rings is 2. The Morgan fingerprint density at radius 3 is 2.46 bits per heavy atom. The summed E-state index contributed by atoms with van der Waals surface area (Å²) >= 11 is 0. The molecule has 24 heavy (non-hydrogen) atoms. The van der Waals surface area contributed by atoms with E-state index < -0.39 is 0 Å². The summed E-state index contributed by atoms with van der Waals surface area (Å²) in [5, 5.41) is 16.7. The van der Waals surface area contributed by atoms with Gasteiger partial charge in [-0.2, -0.15) is 5.10 Å². The van der Waals surface area contributed by atoms with E-state index in [0.29, 0.717) is 22.8 Å². The molecule has 1 N–H and O–H groups in total. The number of aromatic nitrogens is 2. The van der Waals surface area contributed by atoms with Crippen LogP contribution in [0.25, 0.3) is 16.9 Å². The highest BCUT2D eigenvalue weighted by Crippen LogP contribution is 2.33. The minimum Gasteiger partial charge on any atom is -0.493 e. The summed E-state index contributed by atoms with van der Waals surface area (Å²) in [6.45, 7) is 0. The van der Waals surface area contributed by atoms with E-state index >= 15 is 0 Å². The topological polar surface area (TPSA) is 68.9 Å². The van der Waals surface area contributed by atoms with Crippen molar-refractivity contribution in [1.82, 2.24) is 9.78 Å². The number of hydrogen-bond acceptors (Lipinski definition) is 5. The van der Waals surface area contributed by atoms with E-state index in [1.807, 2.05) is 48.5 Å². The number of hydrogen-bond donors (Lipinski definition) is 1. The highest BCUT2D eigenvalue weighted by molar-refractivity contribution is 5.88. The molecule has 6 heteroatoms. The zero-order chi connectivity index (χ0) is 16.9. The zero-order valence-electron chi connectivity index (χ0n) is 13.4. The predicted octanol–water partition coefficient (Wildman–Crippen LogP) is 3.36. The first-order valence-corrected chi connectivity index (χ1v) is 7.31. The molecule has 122 valence electrons. The summed E-state index contributed by atoms with van der Waals surface area (Å²) in [6, 6.07) is 15.3. The SMILES string of the molecule is COc1ccc(-c2nn(-c3ccccc3)cc2/C=N/O)cc1OC. The third-order valence-electron chi connectivity index (χ3n) is 3.62.